The predicted octanol–water partition coefficient (Wildman–Crippen LogP) is 2.36. The van der Waals surface area contributed by atoms with Gasteiger partial charge in [-0.2, -0.15) is 0 Å². The van der Waals surface area contributed by atoms with Gasteiger partial charge in [0.25, 0.3) is 0 Å². The summed E-state index contributed by atoms with van der Waals surface area (Å²) in [4.78, 5) is 8.62. The molecule has 0 amide bonds. The molecule has 96 valence electrons. The monoisotopic (exact) mass is 255 g/mol. The SMILES string of the molecule is COc1cccc2oc(-c3ccnc(CN)c3)nc12. The van der Waals surface area contributed by atoms with Gasteiger partial charge in [0.1, 0.15) is 5.75 Å². The zero-order chi connectivity index (χ0) is 13.2. The second-order valence-electron chi connectivity index (χ2n) is 4.07. The Morgan fingerprint density at radius 2 is 2.21 bits per heavy atom. The topological polar surface area (TPSA) is 74.2 Å². The zero-order valence-electron chi connectivity index (χ0n) is 10.5. The number of nitrogens with two attached hydrogens (primary N) is 1. The number of ether oxygens (including phenoxy) is 1. The highest BCUT2D eigenvalue weighted by Crippen LogP contribution is 2.29. The standard InChI is InChI=1S/C14H13N3O2/c1-18-11-3-2-4-12-13(11)17-14(19-12)9-5-6-16-10(7-9)8-15/h2-7H,8,15H2,1H3. The van der Waals surface area contributed by atoms with Crippen LogP contribution in [0.1, 0.15) is 5.69 Å². The highest BCUT2D eigenvalue weighted by atomic mass is 16.5. The molecule has 3 aromatic rings. The van der Waals surface area contributed by atoms with Crippen LogP contribution in [0.4, 0.5) is 0 Å². The summed E-state index contributed by atoms with van der Waals surface area (Å²) in [7, 11) is 1.61. The van der Waals surface area contributed by atoms with E-state index in [4.69, 9.17) is 14.9 Å². The van der Waals surface area contributed by atoms with Crippen LogP contribution in [0.3, 0.4) is 0 Å². The van der Waals surface area contributed by atoms with Crippen LogP contribution >= 0.6 is 0 Å². The number of para-hydroxylation sites is 1. The van der Waals surface area contributed by atoms with E-state index < -0.39 is 0 Å². The van der Waals surface area contributed by atoms with Crippen molar-refractivity contribution < 1.29 is 9.15 Å². The molecule has 0 unspecified atom stereocenters. The molecular weight excluding hydrogens is 242 g/mol. The first kappa shape index (κ1) is 11.7. The van der Waals surface area contributed by atoms with Crippen molar-refractivity contribution in [2.75, 3.05) is 7.11 Å². The second-order valence-corrected chi connectivity index (χ2v) is 4.07. The van der Waals surface area contributed by atoms with Gasteiger partial charge in [-0.05, 0) is 24.3 Å². The minimum absolute atomic E-state index is 0.386. The lowest BCUT2D eigenvalue weighted by Crippen LogP contribution is -1.98. The first-order chi connectivity index (χ1) is 9.31. The van der Waals surface area contributed by atoms with Gasteiger partial charge in [-0.3, -0.25) is 4.98 Å². The summed E-state index contributed by atoms with van der Waals surface area (Å²) in [6, 6.07) is 9.30. The number of methoxy groups -OCH3 is 1. The molecule has 0 atom stereocenters. The van der Waals surface area contributed by atoms with Gasteiger partial charge < -0.3 is 14.9 Å². The van der Waals surface area contributed by atoms with E-state index >= 15 is 0 Å². The molecule has 3 rings (SSSR count). The van der Waals surface area contributed by atoms with Crippen molar-refractivity contribution in [2.24, 2.45) is 5.73 Å². The second kappa shape index (κ2) is 4.70. The molecule has 2 N–H and O–H groups in total. The number of rotatable bonds is 3. The average molecular weight is 255 g/mol. The highest BCUT2D eigenvalue weighted by Gasteiger charge is 2.12. The number of nitrogens with zero attached hydrogens (tertiary/aromatic N) is 2. The van der Waals surface area contributed by atoms with E-state index in [1.54, 1.807) is 13.3 Å². The van der Waals surface area contributed by atoms with Crippen molar-refractivity contribution in [1.82, 2.24) is 9.97 Å². The lowest BCUT2D eigenvalue weighted by molar-refractivity contribution is 0.419. The minimum atomic E-state index is 0.386. The van der Waals surface area contributed by atoms with Crippen LogP contribution in [0.15, 0.2) is 40.9 Å². The summed E-state index contributed by atoms with van der Waals surface area (Å²) in [5.41, 5.74) is 8.65. The van der Waals surface area contributed by atoms with E-state index in [9.17, 15) is 0 Å². The maximum absolute atomic E-state index is 5.74. The van der Waals surface area contributed by atoms with Crippen LogP contribution in [0, 0.1) is 0 Å². The molecule has 19 heavy (non-hydrogen) atoms. The first-order valence-corrected chi connectivity index (χ1v) is 5.90. The van der Waals surface area contributed by atoms with Gasteiger partial charge in [-0.1, -0.05) is 6.07 Å². The maximum atomic E-state index is 5.74. The van der Waals surface area contributed by atoms with Crippen molar-refractivity contribution in [3.8, 4) is 17.2 Å². The van der Waals surface area contributed by atoms with Gasteiger partial charge >= 0.3 is 0 Å². The highest BCUT2D eigenvalue weighted by molar-refractivity contribution is 5.82. The lowest BCUT2D eigenvalue weighted by atomic mass is 10.2. The molecule has 2 heterocycles. The third kappa shape index (κ3) is 2.04. The van der Waals surface area contributed by atoms with Gasteiger partial charge in [0.05, 0.1) is 12.8 Å². The number of oxazole rings is 1. The summed E-state index contributed by atoms with van der Waals surface area (Å²) >= 11 is 0. The molecule has 0 spiro atoms. The molecule has 1 aromatic carbocycles. The molecule has 5 nitrogen and oxygen atoms in total. The number of hydrogen-bond acceptors (Lipinski definition) is 5. The van der Waals surface area contributed by atoms with Gasteiger partial charge in [-0.15, -0.1) is 0 Å². The van der Waals surface area contributed by atoms with Gasteiger partial charge in [0, 0.05) is 18.3 Å². The van der Waals surface area contributed by atoms with E-state index in [2.05, 4.69) is 9.97 Å². The van der Waals surface area contributed by atoms with Crippen molar-refractivity contribution in [2.45, 2.75) is 6.54 Å². The number of aromatic nitrogens is 2. The zero-order valence-corrected chi connectivity index (χ0v) is 10.5. The number of fused-ring (bicyclic) bond motifs is 1. The van der Waals surface area contributed by atoms with E-state index in [0.717, 1.165) is 11.3 Å². The molecule has 0 saturated heterocycles. The summed E-state index contributed by atoms with van der Waals surface area (Å²) in [6.45, 7) is 0.386. The average Bonchev–Trinajstić information content (AvgIpc) is 2.91. The molecule has 5 heteroatoms. The molecule has 0 bridgehead atoms. The minimum Gasteiger partial charge on any atom is -0.494 e. The van der Waals surface area contributed by atoms with Crippen molar-refractivity contribution >= 4 is 11.1 Å². The fraction of sp³-hybridized carbons (Fsp3) is 0.143. The molecular formula is C14H13N3O2. The fourth-order valence-corrected chi connectivity index (χ4v) is 1.93. The summed E-state index contributed by atoms with van der Waals surface area (Å²) in [5, 5.41) is 0. The smallest absolute Gasteiger partial charge is 0.227 e. The largest absolute Gasteiger partial charge is 0.494 e. The third-order valence-electron chi connectivity index (χ3n) is 2.87. The molecule has 0 fully saturated rings. The molecule has 2 aromatic heterocycles. The van der Waals surface area contributed by atoms with E-state index in [0.29, 0.717) is 29.3 Å². The summed E-state index contributed by atoms with van der Waals surface area (Å²) in [6.07, 6.45) is 1.70. The Bertz CT molecular complexity index is 722. The van der Waals surface area contributed by atoms with Crippen molar-refractivity contribution in [3.05, 3.63) is 42.2 Å². The van der Waals surface area contributed by atoms with E-state index in [1.807, 2.05) is 30.3 Å². The number of benzene rings is 1. The van der Waals surface area contributed by atoms with Gasteiger partial charge in [-0.25, -0.2) is 4.98 Å². The van der Waals surface area contributed by atoms with E-state index in [-0.39, 0.29) is 0 Å². The Hall–Kier alpha value is -2.40. The Morgan fingerprint density at radius 3 is 3.00 bits per heavy atom. The van der Waals surface area contributed by atoms with Crippen LogP contribution < -0.4 is 10.5 Å². The number of hydrogen-bond donors (Lipinski definition) is 1. The van der Waals surface area contributed by atoms with Crippen LogP contribution in [0.2, 0.25) is 0 Å². The van der Waals surface area contributed by atoms with Crippen molar-refractivity contribution in [3.63, 3.8) is 0 Å². The van der Waals surface area contributed by atoms with Crippen LogP contribution in [0.5, 0.6) is 5.75 Å². The molecule has 0 aliphatic rings. The van der Waals surface area contributed by atoms with Crippen LogP contribution in [-0.2, 0) is 6.54 Å². The number of pyridine rings is 1. The Morgan fingerprint density at radius 1 is 1.32 bits per heavy atom. The lowest BCUT2D eigenvalue weighted by Gasteiger charge is -1.98. The molecule has 0 saturated carbocycles. The van der Waals surface area contributed by atoms with Crippen LogP contribution in [0.25, 0.3) is 22.6 Å². The Balaban J connectivity index is 2.15. The fourth-order valence-electron chi connectivity index (χ4n) is 1.93. The quantitative estimate of drug-likeness (QED) is 0.777. The predicted molar refractivity (Wildman–Crippen MR) is 71.7 cm³/mol. The Kier molecular flexibility index (Phi) is 2.89. The Labute approximate surface area is 110 Å². The van der Waals surface area contributed by atoms with Gasteiger partial charge in [0.2, 0.25) is 5.89 Å². The molecule has 0 aliphatic heterocycles. The van der Waals surface area contributed by atoms with Crippen molar-refractivity contribution in [1.29, 1.82) is 0 Å². The molecule has 0 radical (unpaired) electrons. The summed E-state index contributed by atoms with van der Waals surface area (Å²) in [5.74, 6) is 1.23. The van der Waals surface area contributed by atoms with Crippen LogP contribution in [-0.4, -0.2) is 17.1 Å². The first-order valence-electron chi connectivity index (χ1n) is 5.90. The molecule has 0 aliphatic carbocycles. The van der Waals surface area contributed by atoms with Gasteiger partial charge in [0.15, 0.2) is 11.1 Å². The summed E-state index contributed by atoms with van der Waals surface area (Å²) < 4.78 is 11.0. The maximum Gasteiger partial charge on any atom is 0.227 e. The third-order valence-corrected chi connectivity index (χ3v) is 2.87. The van der Waals surface area contributed by atoms with E-state index in [1.165, 1.54) is 0 Å². The normalized spacial score (nSPS) is 10.8.